The number of fused-ring (bicyclic) bond motifs is 2. The number of aromatic nitrogens is 2. The highest BCUT2D eigenvalue weighted by atomic mass is 32.1. The number of aliphatic hydroxyl groups excluding tert-OH is 1. The van der Waals surface area contributed by atoms with Gasteiger partial charge in [0.2, 0.25) is 10.7 Å². The van der Waals surface area contributed by atoms with E-state index in [2.05, 4.69) is 0 Å². The Kier molecular flexibility index (Phi) is 3.14. The molecule has 4 heterocycles. The van der Waals surface area contributed by atoms with Gasteiger partial charge in [0.15, 0.2) is 0 Å². The minimum Gasteiger partial charge on any atom is -0.477 e. The summed E-state index contributed by atoms with van der Waals surface area (Å²) in [4.78, 5) is 27.2. The SMILES string of the molecule is Cc1n2cc(C3=C(C(=O)O)N4C(=O)[C@H]([C@@H](C)O)[C@H]4C3)sc2c[n+]1C. The van der Waals surface area contributed by atoms with Gasteiger partial charge in [-0.3, -0.25) is 4.79 Å². The summed E-state index contributed by atoms with van der Waals surface area (Å²) >= 11 is 1.51. The summed E-state index contributed by atoms with van der Waals surface area (Å²) < 4.78 is 4.03. The van der Waals surface area contributed by atoms with E-state index >= 15 is 0 Å². The highest BCUT2D eigenvalue weighted by molar-refractivity contribution is 7.18. The maximum atomic E-state index is 12.3. The van der Waals surface area contributed by atoms with Crippen LogP contribution in [-0.2, 0) is 16.6 Å². The van der Waals surface area contributed by atoms with Gasteiger partial charge in [0.1, 0.15) is 18.1 Å². The molecule has 0 aromatic carbocycles. The molecule has 7 nitrogen and oxygen atoms in total. The van der Waals surface area contributed by atoms with E-state index in [0.717, 1.165) is 15.5 Å². The van der Waals surface area contributed by atoms with Crippen molar-refractivity contribution in [3.8, 4) is 0 Å². The molecule has 3 atom stereocenters. The Morgan fingerprint density at radius 1 is 1.50 bits per heavy atom. The number of β-lactam (4-membered cyclic amide) rings is 1. The number of rotatable bonds is 3. The number of aryl methyl sites for hydroxylation is 2. The van der Waals surface area contributed by atoms with Crippen LogP contribution >= 0.6 is 11.3 Å². The maximum absolute atomic E-state index is 12.3. The summed E-state index contributed by atoms with van der Waals surface area (Å²) in [6, 6.07) is -0.253. The number of thiazole rings is 1. The number of imidazole rings is 1. The molecular weight excluding hydrogens is 330 g/mol. The molecular formula is C16H18N3O4S+. The third-order valence-electron chi connectivity index (χ3n) is 5.09. The van der Waals surface area contributed by atoms with Crippen LogP contribution in [0.4, 0.5) is 0 Å². The van der Waals surface area contributed by atoms with Gasteiger partial charge >= 0.3 is 5.97 Å². The van der Waals surface area contributed by atoms with Gasteiger partial charge in [-0.25, -0.2) is 9.36 Å². The summed E-state index contributed by atoms with van der Waals surface area (Å²) in [7, 11) is 1.96. The van der Waals surface area contributed by atoms with E-state index in [1.807, 2.05) is 35.3 Å². The monoisotopic (exact) mass is 348 g/mol. The minimum absolute atomic E-state index is 0.0634. The van der Waals surface area contributed by atoms with E-state index in [-0.39, 0.29) is 17.6 Å². The number of carboxylic acids is 1. The molecule has 24 heavy (non-hydrogen) atoms. The number of carbonyl (C=O) groups excluding carboxylic acids is 1. The van der Waals surface area contributed by atoms with E-state index < -0.39 is 18.0 Å². The van der Waals surface area contributed by atoms with Crippen LogP contribution in [0.25, 0.3) is 10.4 Å². The number of aliphatic carboxylic acids is 1. The third kappa shape index (κ3) is 1.83. The second kappa shape index (κ2) is 4.90. The van der Waals surface area contributed by atoms with Crippen molar-refractivity contribution in [2.24, 2.45) is 13.0 Å². The number of carbonyl (C=O) groups is 2. The second-order valence-electron chi connectivity index (χ2n) is 6.47. The molecule has 8 heteroatoms. The molecule has 1 amide bonds. The Morgan fingerprint density at radius 2 is 2.21 bits per heavy atom. The van der Waals surface area contributed by atoms with Gasteiger partial charge in [0.05, 0.1) is 30.0 Å². The van der Waals surface area contributed by atoms with Crippen LogP contribution in [-0.4, -0.2) is 43.5 Å². The van der Waals surface area contributed by atoms with Crippen molar-refractivity contribution in [2.45, 2.75) is 32.4 Å². The number of hydrogen-bond donors (Lipinski definition) is 2. The first-order valence-electron chi connectivity index (χ1n) is 7.76. The second-order valence-corrected chi connectivity index (χ2v) is 7.53. The van der Waals surface area contributed by atoms with Gasteiger partial charge in [-0.05, 0) is 13.3 Å². The standard InChI is InChI=1S/C16H17N3O4S/c1-7(20)13-10-4-9(14(16(22)23)19(10)15(13)21)11-5-18-8(2)17(3)6-12(18)24-11/h5-7,10,13,20H,4H2,1-3H3/p+1/t7-,10-,13-/m1/s1. The molecule has 2 N–H and O–H groups in total. The lowest BCUT2D eigenvalue weighted by Gasteiger charge is -2.44. The zero-order valence-electron chi connectivity index (χ0n) is 13.6. The lowest BCUT2D eigenvalue weighted by Crippen LogP contribution is -2.61. The fraction of sp³-hybridized carbons (Fsp3) is 0.438. The topological polar surface area (TPSA) is 86.1 Å². The van der Waals surface area contributed by atoms with Crippen LogP contribution in [0.15, 0.2) is 18.1 Å². The van der Waals surface area contributed by atoms with Crippen LogP contribution in [0.5, 0.6) is 0 Å². The predicted molar refractivity (Wildman–Crippen MR) is 86.2 cm³/mol. The van der Waals surface area contributed by atoms with Crippen molar-refractivity contribution in [1.82, 2.24) is 9.30 Å². The molecule has 2 aliphatic heterocycles. The summed E-state index contributed by atoms with van der Waals surface area (Å²) in [6.45, 7) is 3.57. The summed E-state index contributed by atoms with van der Waals surface area (Å²) in [5.41, 5.74) is 0.744. The van der Waals surface area contributed by atoms with Crippen LogP contribution in [0.2, 0.25) is 0 Å². The average molecular weight is 348 g/mol. The highest BCUT2D eigenvalue weighted by Gasteiger charge is 2.57. The predicted octanol–water partition coefficient (Wildman–Crippen LogP) is 0.541. The lowest BCUT2D eigenvalue weighted by molar-refractivity contribution is -0.676. The Hall–Kier alpha value is -2.19. The molecule has 1 saturated heterocycles. The Bertz CT molecular complexity index is 923. The normalized spacial score (nSPS) is 24.5. The minimum atomic E-state index is -1.09. The molecule has 0 saturated carbocycles. The van der Waals surface area contributed by atoms with Gasteiger partial charge in [-0.1, -0.05) is 11.3 Å². The molecule has 0 radical (unpaired) electrons. The first kappa shape index (κ1) is 15.3. The van der Waals surface area contributed by atoms with Gasteiger partial charge in [-0.2, -0.15) is 4.40 Å². The molecule has 0 aliphatic carbocycles. The van der Waals surface area contributed by atoms with E-state index in [1.165, 1.54) is 16.2 Å². The Balaban J connectivity index is 1.81. The van der Waals surface area contributed by atoms with Crippen molar-refractivity contribution < 1.29 is 24.4 Å². The summed E-state index contributed by atoms with van der Waals surface area (Å²) in [5, 5.41) is 19.4. The van der Waals surface area contributed by atoms with E-state index in [1.54, 1.807) is 6.92 Å². The van der Waals surface area contributed by atoms with Crippen LogP contribution in [0, 0.1) is 12.8 Å². The van der Waals surface area contributed by atoms with Gasteiger partial charge in [0, 0.05) is 12.5 Å². The van der Waals surface area contributed by atoms with Gasteiger partial charge in [0.25, 0.3) is 5.82 Å². The quantitative estimate of drug-likeness (QED) is 0.626. The number of nitrogens with zero attached hydrogens (tertiary/aromatic N) is 3. The van der Waals surface area contributed by atoms with Crippen molar-refractivity contribution in [2.75, 3.05) is 0 Å². The first-order valence-corrected chi connectivity index (χ1v) is 8.58. The largest absolute Gasteiger partial charge is 0.477 e. The Labute approximate surface area is 142 Å². The van der Waals surface area contributed by atoms with Crippen LogP contribution in [0.3, 0.4) is 0 Å². The molecule has 0 bridgehead atoms. The molecule has 0 spiro atoms. The molecule has 0 unspecified atom stereocenters. The molecule has 2 aromatic heterocycles. The number of amides is 1. The maximum Gasteiger partial charge on any atom is 0.352 e. The van der Waals surface area contributed by atoms with Gasteiger partial charge in [-0.15, -0.1) is 0 Å². The Morgan fingerprint density at radius 3 is 2.79 bits per heavy atom. The number of carboxylic acid groups (broad SMARTS) is 1. The molecule has 1 fully saturated rings. The zero-order valence-corrected chi connectivity index (χ0v) is 14.4. The smallest absolute Gasteiger partial charge is 0.352 e. The fourth-order valence-electron chi connectivity index (χ4n) is 3.77. The molecule has 126 valence electrons. The number of hydrogen-bond acceptors (Lipinski definition) is 4. The van der Waals surface area contributed by atoms with E-state index in [9.17, 15) is 19.8 Å². The number of aliphatic hydroxyl groups is 1. The average Bonchev–Trinajstić information content (AvgIpc) is 3.11. The van der Waals surface area contributed by atoms with Crippen molar-refractivity contribution in [1.29, 1.82) is 0 Å². The molecule has 2 aromatic rings. The molecule has 2 aliphatic rings. The molecule has 4 rings (SSSR count). The van der Waals surface area contributed by atoms with E-state index in [4.69, 9.17) is 0 Å². The third-order valence-corrected chi connectivity index (χ3v) is 6.17. The van der Waals surface area contributed by atoms with Crippen LogP contribution < -0.4 is 4.57 Å². The van der Waals surface area contributed by atoms with Crippen LogP contribution in [0.1, 0.15) is 24.0 Å². The zero-order chi connectivity index (χ0) is 17.3. The first-order chi connectivity index (χ1) is 11.3. The van der Waals surface area contributed by atoms with Crippen molar-refractivity contribution in [3.05, 3.63) is 28.8 Å². The van der Waals surface area contributed by atoms with E-state index in [0.29, 0.717) is 12.0 Å². The summed E-state index contributed by atoms with van der Waals surface area (Å²) in [6.07, 6.45) is 3.63. The fourth-order valence-corrected chi connectivity index (χ4v) is 4.95. The summed E-state index contributed by atoms with van der Waals surface area (Å²) in [5.74, 6) is -0.857. The van der Waals surface area contributed by atoms with Crippen molar-refractivity contribution >= 4 is 33.6 Å². The van der Waals surface area contributed by atoms with Crippen molar-refractivity contribution in [3.63, 3.8) is 0 Å². The van der Waals surface area contributed by atoms with Gasteiger partial charge < -0.3 is 15.1 Å². The lowest BCUT2D eigenvalue weighted by atomic mass is 9.83. The highest BCUT2D eigenvalue weighted by Crippen LogP contribution is 2.48.